The zero-order valence-corrected chi connectivity index (χ0v) is 23.0. The van der Waals surface area contributed by atoms with Crippen LogP contribution in [0, 0.1) is 13.8 Å². The van der Waals surface area contributed by atoms with Crippen LogP contribution in [0.3, 0.4) is 0 Å². The van der Waals surface area contributed by atoms with E-state index in [0.29, 0.717) is 45.4 Å². The maximum Gasteiger partial charge on any atom is 0.251 e. The van der Waals surface area contributed by atoms with E-state index in [9.17, 15) is 9.59 Å². The SMILES string of the molecule is CCN(c1cc(Cl)cc(C(=O)NCc2c(-c3ccno3)[nH]c(C)cc2=O)c1C)[C@H]1CC[C@H](N(C)C)CC1. The number of aromatic amines is 1. The van der Waals surface area contributed by atoms with E-state index in [1.807, 2.05) is 13.0 Å². The largest absolute Gasteiger partial charge is 0.369 e. The Balaban J connectivity index is 1.57. The number of hydrogen-bond donors (Lipinski definition) is 2. The number of halogens is 1. The standard InChI is InChI=1S/C28H36ClN5O3/c1-6-34(21-9-7-20(8-10-21)33(4)5)24-15-19(29)14-22(18(24)3)28(36)30-16-23-25(35)13-17(2)32-27(23)26-11-12-31-37-26/h11-15,20-21H,6-10,16H2,1-5H3,(H,30,36)(H,32,35)/t20-,21-. The summed E-state index contributed by atoms with van der Waals surface area (Å²) in [4.78, 5) is 34.0. The number of H-pyrrole nitrogens is 1. The van der Waals surface area contributed by atoms with Gasteiger partial charge in [-0.25, -0.2) is 0 Å². The van der Waals surface area contributed by atoms with Gasteiger partial charge in [0.1, 0.15) is 0 Å². The Morgan fingerprint density at radius 2 is 1.86 bits per heavy atom. The third kappa shape index (κ3) is 5.91. The molecule has 1 aliphatic rings. The molecule has 0 aliphatic heterocycles. The molecule has 1 saturated carbocycles. The molecule has 0 spiro atoms. The number of pyridine rings is 1. The lowest BCUT2D eigenvalue weighted by Crippen LogP contribution is -2.42. The number of carbonyl (C=O) groups excluding carboxylic acids is 1. The van der Waals surface area contributed by atoms with E-state index >= 15 is 0 Å². The molecule has 1 aliphatic carbocycles. The monoisotopic (exact) mass is 525 g/mol. The summed E-state index contributed by atoms with van der Waals surface area (Å²) < 4.78 is 5.27. The molecule has 3 aromatic rings. The summed E-state index contributed by atoms with van der Waals surface area (Å²) in [6.07, 6.45) is 6.02. The Hall–Kier alpha value is -3.10. The molecule has 2 aromatic heterocycles. The fraction of sp³-hybridized carbons (Fsp3) is 0.464. The molecule has 0 saturated heterocycles. The first-order valence-electron chi connectivity index (χ1n) is 12.8. The van der Waals surface area contributed by atoms with Gasteiger partial charge in [-0.3, -0.25) is 9.59 Å². The number of nitrogens with zero attached hydrogens (tertiary/aromatic N) is 3. The molecule has 8 nitrogen and oxygen atoms in total. The van der Waals surface area contributed by atoms with Crippen molar-refractivity contribution in [2.45, 2.75) is 65.1 Å². The van der Waals surface area contributed by atoms with Gasteiger partial charge in [-0.15, -0.1) is 0 Å². The van der Waals surface area contributed by atoms with Gasteiger partial charge < -0.3 is 24.6 Å². The van der Waals surface area contributed by atoms with Crippen molar-refractivity contribution in [1.29, 1.82) is 0 Å². The first-order chi connectivity index (χ1) is 17.7. The van der Waals surface area contributed by atoms with E-state index in [-0.39, 0.29) is 17.9 Å². The van der Waals surface area contributed by atoms with Gasteiger partial charge in [-0.05, 0) is 78.2 Å². The molecule has 0 unspecified atom stereocenters. The van der Waals surface area contributed by atoms with Crippen LogP contribution in [0.4, 0.5) is 5.69 Å². The predicted octanol–water partition coefficient (Wildman–Crippen LogP) is 4.93. The Bertz CT molecular complexity index is 1290. The molecule has 1 aromatic carbocycles. The van der Waals surface area contributed by atoms with E-state index in [1.165, 1.54) is 12.3 Å². The first kappa shape index (κ1) is 26.9. The number of aromatic nitrogens is 2. The predicted molar refractivity (Wildman–Crippen MR) is 147 cm³/mol. The second-order valence-corrected chi connectivity index (χ2v) is 10.5. The van der Waals surface area contributed by atoms with Crippen LogP contribution in [-0.4, -0.2) is 53.7 Å². The van der Waals surface area contributed by atoms with Gasteiger partial charge in [0.05, 0.1) is 11.9 Å². The highest BCUT2D eigenvalue weighted by Crippen LogP contribution is 2.34. The molecule has 198 valence electrons. The molecular formula is C28H36ClN5O3. The van der Waals surface area contributed by atoms with Crippen LogP contribution in [-0.2, 0) is 6.54 Å². The molecule has 37 heavy (non-hydrogen) atoms. The van der Waals surface area contributed by atoms with Crippen molar-refractivity contribution in [3.05, 3.63) is 68.1 Å². The molecule has 0 radical (unpaired) electrons. The summed E-state index contributed by atoms with van der Waals surface area (Å²) in [6.45, 7) is 6.78. The third-order valence-corrected chi connectivity index (χ3v) is 7.67. The van der Waals surface area contributed by atoms with Crippen molar-refractivity contribution < 1.29 is 9.32 Å². The minimum atomic E-state index is -0.280. The molecule has 2 N–H and O–H groups in total. The number of nitrogens with one attached hydrogen (secondary N) is 2. The van der Waals surface area contributed by atoms with Crippen molar-refractivity contribution in [2.24, 2.45) is 0 Å². The smallest absolute Gasteiger partial charge is 0.251 e. The third-order valence-electron chi connectivity index (χ3n) is 7.46. The highest BCUT2D eigenvalue weighted by Gasteiger charge is 2.28. The number of hydrogen-bond acceptors (Lipinski definition) is 6. The molecule has 0 atom stereocenters. The fourth-order valence-corrected chi connectivity index (χ4v) is 5.63. The van der Waals surface area contributed by atoms with Crippen LogP contribution in [0.1, 0.15) is 59.8 Å². The topological polar surface area (TPSA) is 94.5 Å². The zero-order chi connectivity index (χ0) is 26.7. The Labute approximate surface area is 223 Å². The highest BCUT2D eigenvalue weighted by atomic mass is 35.5. The lowest BCUT2D eigenvalue weighted by molar-refractivity contribution is 0.0950. The average Bonchev–Trinajstić information content (AvgIpc) is 3.40. The quantitative estimate of drug-likeness (QED) is 0.433. The minimum absolute atomic E-state index is 0.0395. The number of aryl methyl sites for hydroxylation is 1. The van der Waals surface area contributed by atoms with E-state index in [2.05, 4.69) is 46.3 Å². The number of anilines is 1. The Morgan fingerprint density at radius 3 is 2.49 bits per heavy atom. The van der Waals surface area contributed by atoms with Crippen LogP contribution < -0.4 is 15.6 Å². The molecule has 1 fully saturated rings. The number of amides is 1. The van der Waals surface area contributed by atoms with Gasteiger partial charge in [0.15, 0.2) is 11.2 Å². The van der Waals surface area contributed by atoms with Gasteiger partial charge in [-0.2, -0.15) is 0 Å². The van der Waals surface area contributed by atoms with E-state index in [0.717, 1.165) is 43.5 Å². The van der Waals surface area contributed by atoms with Crippen molar-refractivity contribution >= 4 is 23.2 Å². The van der Waals surface area contributed by atoms with E-state index < -0.39 is 0 Å². The van der Waals surface area contributed by atoms with Gasteiger partial charge in [0.25, 0.3) is 5.91 Å². The maximum atomic E-state index is 13.4. The first-order valence-corrected chi connectivity index (χ1v) is 13.2. The summed E-state index contributed by atoms with van der Waals surface area (Å²) in [6, 6.07) is 7.86. The number of rotatable bonds is 8. The molecule has 9 heteroatoms. The highest BCUT2D eigenvalue weighted by molar-refractivity contribution is 6.31. The van der Waals surface area contributed by atoms with Gasteiger partial charge in [0.2, 0.25) is 0 Å². The lowest BCUT2D eigenvalue weighted by atomic mass is 9.89. The summed E-state index contributed by atoms with van der Waals surface area (Å²) in [5.74, 6) is 0.158. The van der Waals surface area contributed by atoms with Crippen LogP contribution in [0.15, 0.2) is 39.8 Å². The van der Waals surface area contributed by atoms with Gasteiger partial charge >= 0.3 is 0 Å². The molecule has 4 rings (SSSR count). The summed E-state index contributed by atoms with van der Waals surface area (Å²) >= 11 is 6.54. The number of benzene rings is 1. The van der Waals surface area contributed by atoms with E-state index in [1.54, 1.807) is 19.1 Å². The fourth-order valence-electron chi connectivity index (χ4n) is 5.42. The van der Waals surface area contributed by atoms with Crippen molar-refractivity contribution in [3.63, 3.8) is 0 Å². The number of carbonyl (C=O) groups is 1. The second-order valence-electron chi connectivity index (χ2n) is 10.0. The van der Waals surface area contributed by atoms with Crippen molar-refractivity contribution in [3.8, 4) is 11.5 Å². The Kier molecular flexibility index (Phi) is 8.39. The summed E-state index contributed by atoms with van der Waals surface area (Å²) in [5, 5.41) is 7.18. The van der Waals surface area contributed by atoms with Crippen LogP contribution in [0.25, 0.3) is 11.5 Å². The van der Waals surface area contributed by atoms with Crippen LogP contribution in [0.2, 0.25) is 5.02 Å². The maximum absolute atomic E-state index is 13.4. The normalized spacial score (nSPS) is 17.7. The molecular weight excluding hydrogens is 490 g/mol. The van der Waals surface area contributed by atoms with Gasteiger partial charge in [0, 0.05) is 64.8 Å². The summed E-state index contributed by atoms with van der Waals surface area (Å²) in [5.41, 5.74) is 3.81. The van der Waals surface area contributed by atoms with Crippen molar-refractivity contribution in [2.75, 3.05) is 25.5 Å². The van der Waals surface area contributed by atoms with Crippen molar-refractivity contribution in [1.82, 2.24) is 20.4 Å². The van der Waals surface area contributed by atoms with E-state index in [4.69, 9.17) is 16.1 Å². The Morgan fingerprint density at radius 1 is 1.16 bits per heavy atom. The second kappa shape index (κ2) is 11.5. The molecule has 0 bridgehead atoms. The lowest BCUT2D eigenvalue weighted by Gasteiger charge is -2.40. The molecule has 2 heterocycles. The van der Waals surface area contributed by atoms with Gasteiger partial charge in [-0.1, -0.05) is 16.8 Å². The van der Waals surface area contributed by atoms with Crippen LogP contribution >= 0.6 is 11.6 Å². The average molecular weight is 526 g/mol. The van der Waals surface area contributed by atoms with Crippen LogP contribution in [0.5, 0.6) is 0 Å². The zero-order valence-electron chi connectivity index (χ0n) is 22.2. The minimum Gasteiger partial charge on any atom is -0.369 e. The molecule has 1 amide bonds. The summed E-state index contributed by atoms with van der Waals surface area (Å²) in [7, 11) is 4.29.